The van der Waals surface area contributed by atoms with E-state index >= 15 is 0 Å². The number of anilines is 1. The quantitative estimate of drug-likeness (QED) is 0.177. The summed E-state index contributed by atoms with van der Waals surface area (Å²) in [6.07, 6.45) is 11.4. The second kappa shape index (κ2) is 12.4. The van der Waals surface area contributed by atoms with Crippen LogP contribution in [-0.4, -0.2) is 19.4 Å². The number of unbranched alkanes of at least 4 members (excludes halogenated alkanes) is 6. The maximum Gasteiger partial charge on any atom is 0.160 e. The van der Waals surface area contributed by atoms with Crippen LogP contribution in [0, 0.1) is 0 Å². The first kappa shape index (κ1) is 23.2. The number of aldehydes is 1. The van der Waals surface area contributed by atoms with Gasteiger partial charge in [-0.15, -0.1) is 34.0 Å². The van der Waals surface area contributed by atoms with Crippen LogP contribution in [0.4, 0.5) is 5.00 Å². The van der Waals surface area contributed by atoms with E-state index in [0.29, 0.717) is 0 Å². The van der Waals surface area contributed by atoms with Gasteiger partial charge in [0.05, 0.1) is 9.88 Å². The molecule has 3 aromatic rings. The molecule has 0 bridgehead atoms. The summed E-state index contributed by atoms with van der Waals surface area (Å²) in [5.41, 5.74) is 0. The van der Waals surface area contributed by atoms with Crippen LogP contribution in [0.5, 0.6) is 0 Å². The lowest BCUT2D eigenvalue weighted by atomic mass is 10.1. The smallest absolute Gasteiger partial charge is 0.160 e. The van der Waals surface area contributed by atoms with Gasteiger partial charge in [-0.25, -0.2) is 0 Å². The van der Waals surface area contributed by atoms with Gasteiger partial charge in [0.15, 0.2) is 6.29 Å². The van der Waals surface area contributed by atoms with Gasteiger partial charge in [-0.2, -0.15) is 0 Å². The molecule has 0 fully saturated rings. The van der Waals surface area contributed by atoms with Gasteiger partial charge in [0.25, 0.3) is 0 Å². The van der Waals surface area contributed by atoms with Gasteiger partial charge in [0.2, 0.25) is 0 Å². The minimum absolute atomic E-state index is 0.792. The van der Waals surface area contributed by atoms with Gasteiger partial charge in [-0.05, 0) is 49.2 Å². The Morgan fingerprint density at radius 3 is 1.77 bits per heavy atom. The molecule has 2 nitrogen and oxygen atoms in total. The van der Waals surface area contributed by atoms with E-state index in [1.807, 2.05) is 28.7 Å². The predicted octanol–water partition coefficient (Wildman–Crippen LogP) is 8.98. The Morgan fingerprint density at radius 2 is 1.20 bits per heavy atom. The van der Waals surface area contributed by atoms with E-state index in [-0.39, 0.29) is 0 Å². The van der Waals surface area contributed by atoms with Crippen LogP contribution in [0.15, 0.2) is 36.4 Å². The molecule has 0 aromatic carbocycles. The van der Waals surface area contributed by atoms with Crippen molar-refractivity contribution >= 4 is 45.3 Å². The van der Waals surface area contributed by atoms with Gasteiger partial charge in [-0.3, -0.25) is 4.79 Å². The van der Waals surface area contributed by atoms with E-state index in [9.17, 15) is 4.79 Å². The lowest BCUT2D eigenvalue weighted by Gasteiger charge is -2.23. The Balaban J connectivity index is 1.68. The van der Waals surface area contributed by atoms with E-state index in [1.165, 1.54) is 89.0 Å². The fourth-order valence-electron chi connectivity index (χ4n) is 3.57. The summed E-state index contributed by atoms with van der Waals surface area (Å²) in [5.74, 6) is 0. The fourth-order valence-corrected chi connectivity index (χ4v) is 6.64. The van der Waals surface area contributed by atoms with Gasteiger partial charge >= 0.3 is 0 Å². The third kappa shape index (κ3) is 6.53. The summed E-state index contributed by atoms with van der Waals surface area (Å²) in [6, 6.07) is 13.0. The van der Waals surface area contributed by atoms with Crippen molar-refractivity contribution in [3.05, 3.63) is 41.3 Å². The summed E-state index contributed by atoms with van der Waals surface area (Å²) in [5, 5.41) is 1.41. The van der Waals surface area contributed by atoms with E-state index in [1.54, 1.807) is 11.3 Å². The van der Waals surface area contributed by atoms with Crippen LogP contribution in [0.2, 0.25) is 0 Å². The average Bonchev–Trinajstić information content (AvgIpc) is 3.52. The number of nitrogens with zero attached hydrogens (tertiary/aromatic N) is 1. The predicted molar refractivity (Wildman–Crippen MR) is 137 cm³/mol. The van der Waals surface area contributed by atoms with Crippen LogP contribution in [0.25, 0.3) is 19.5 Å². The molecule has 0 aliphatic heterocycles. The van der Waals surface area contributed by atoms with Gasteiger partial charge in [0, 0.05) is 32.6 Å². The first-order chi connectivity index (χ1) is 14.7. The third-order valence-electron chi connectivity index (χ3n) is 5.30. The van der Waals surface area contributed by atoms with Crippen molar-refractivity contribution in [1.82, 2.24) is 0 Å². The number of thiophene rings is 3. The minimum Gasteiger partial charge on any atom is -0.363 e. The lowest BCUT2D eigenvalue weighted by Crippen LogP contribution is -2.24. The summed E-state index contributed by atoms with van der Waals surface area (Å²) >= 11 is 5.31. The van der Waals surface area contributed by atoms with Crippen LogP contribution < -0.4 is 4.90 Å². The second-order valence-electron chi connectivity index (χ2n) is 7.73. The standard InChI is InChI=1S/C25H33NOS3/c1-3-5-7-9-17-26(18-10-8-6-4-2)25-16-15-24(30-25)23-14-13-22(29-23)21-12-11-20(19-27)28-21/h11-16,19H,3-10,17-18H2,1-2H3. The topological polar surface area (TPSA) is 20.3 Å². The third-order valence-corrected chi connectivity index (χ3v) is 8.93. The molecule has 0 amide bonds. The number of carbonyl (C=O) groups is 1. The minimum atomic E-state index is 0.792. The van der Waals surface area contributed by atoms with E-state index in [4.69, 9.17) is 0 Å². The average molecular weight is 460 g/mol. The molecule has 0 spiro atoms. The Hall–Kier alpha value is -1.43. The molecule has 0 saturated heterocycles. The van der Waals surface area contributed by atoms with Crippen molar-refractivity contribution in [1.29, 1.82) is 0 Å². The monoisotopic (exact) mass is 459 g/mol. The Labute approximate surface area is 193 Å². The van der Waals surface area contributed by atoms with Crippen LogP contribution >= 0.6 is 34.0 Å². The lowest BCUT2D eigenvalue weighted by molar-refractivity contribution is 0.112. The van der Waals surface area contributed by atoms with Crippen molar-refractivity contribution in [3.63, 3.8) is 0 Å². The number of hydrogen-bond donors (Lipinski definition) is 0. The molecule has 30 heavy (non-hydrogen) atoms. The molecular formula is C25H33NOS3. The highest BCUT2D eigenvalue weighted by molar-refractivity contribution is 7.27. The van der Waals surface area contributed by atoms with Crippen molar-refractivity contribution in [2.75, 3.05) is 18.0 Å². The molecule has 0 unspecified atom stereocenters. The van der Waals surface area contributed by atoms with Crippen molar-refractivity contribution < 1.29 is 4.79 Å². The first-order valence-corrected chi connectivity index (χ1v) is 13.7. The van der Waals surface area contributed by atoms with Crippen LogP contribution in [0.3, 0.4) is 0 Å². The zero-order valence-electron chi connectivity index (χ0n) is 18.2. The molecule has 0 radical (unpaired) electrons. The summed E-state index contributed by atoms with van der Waals surface area (Å²) in [4.78, 5) is 19.5. The molecule has 0 aliphatic rings. The molecule has 162 valence electrons. The Kier molecular flexibility index (Phi) is 9.63. The molecule has 5 heteroatoms. The molecule has 3 aromatic heterocycles. The highest BCUT2D eigenvalue weighted by atomic mass is 32.1. The van der Waals surface area contributed by atoms with Gasteiger partial charge < -0.3 is 4.90 Å². The number of rotatable bonds is 14. The van der Waals surface area contributed by atoms with Gasteiger partial charge in [0.1, 0.15) is 0 Å². The zero-order valence-corrected chi connectivity index (χ0v) is 20.6. The number of carbonyl (C=O) groups excluding carboxylic acids is 1. The highest BCUT2D eigenvalue weighted by Crippen LogP contribution is 2.41. The molecule has 3 rings (SSSR count). The highest BCUT2D eigenvalue weighted by Gasteiger charge is 2.13. The summed E-state index contributed by atoms with van der Waals surface area (Å²) in [6.45, 7) is 6.90. The van der Waals surface area contributed by atoms with Crippen LogP contribution in [-0.2, 0) is 0 Å². The Bertz CT molecular complexity index is 880. The van der Waals surface area contributed by atoms with Gasteiger partial charge in [-0.1, -0.05) is 52.4 Å². The maximum atomic E-state index is 11.0. The Morgan fingerprint density at radius 1 is 0.667 bits per heavy atom. The molecule has 0 atom stereocenters. The largest absolute Gasteiger partial charge is 0.363 e. The molecular weight excluding hydrogens is 426 g/mol. The molecule has 0 N–H and O–H groups in total. The van der Waals surface area contributed by atoms with Crippen molar-refractivity contribution in [3.8, 4) is 19.5 Å². The zero-order chi connectivity index (χ0) is 21.2. The van der Waals surface area contributed by atoms with Crippen LogP contribution in [0.1, 0.15) is 74.9 Å². The maximum absolute atomic E-state index is 11.0. The van der Waals surface area contributed by atoms with E-state index in [0.717, 1.165) is 11.2 Å². The second-order valence-corrected chi connectivity index (χ2v) is 11.0. The SMILES string of the molecule is CCCCCCN(CCCCCC)c1ccc(-c2ccc(-c3ccc(C=O)s3)s2)s1. The number of hydrogen-bond acceptors (Lipinski definition) is 5. The molecule has 0 saturated carbocycles. The fraction of sp³-hybridized carbons (Fsp3) is 0.480. The summed E-state index contributed by atoms with van der Waals surface area (Å²) < 4.78 is 0. The van der Waals surface area contributed by atoms with E-state index < -0.39 is 0 Å². The summed E-state index contributed by atoms with van der Waals surface area (Å²) in [7, 11) is 0. The van der Waals surface area contributed by atoms with E-state index in [2.05, 4.69) is 49.1 Å². The normalized spacial score (nSPS) is 11.1. The molecule has 0 aliphatic carbocycles. The van der Waals surface area contributed by atoms with Crippen molar-refractivity contribution in [2.24, 2.45) is 0 Å². The van der Waals surface area contributed by atoms with Crippen molar-refractivity contribution in [2.45, 2.75) is 65.2 Å². The first-order valence-electron chi connectivity index (χ1n) is 11.3. The molecule has 3 heterocycles.